The lowest BCUT2D eigenvalue weighted by Gasteiger charge is -2.33. The van der Waals surface area contributed by atoms with Gasteiger partial charge in [0.25, 0.3) is 0 Å². The van der Waals surface area contributed by atoms with E-state index in [2.05, 4.69) is 9.62 Å². The number of fused-ring (bicyclic) bond motifs is 1. The number of hydrogen-bond acceptors (Lipinski definition) is 5. The van der Waals surface area contributed by atoms with Crippen LogP contribution in [0, 0.1) is 0 Å². The predicted molar refractivity (Wildman–Crippen MR) is 102 cm³/mol. The lowest BCUT2D eigenvalue weighted by Crippen LogP contribution is -2.49. The molecule has 142 valence electrons. The predicted octanol–water partition coefficient (Wildman–Crippen LogP) is 0.695. The molecule has 0 bridgehead atoms. The summed E-state index contributed by atoms with van der Waals surface area (Å²) in [5.41, 5.74) is 0. The zero-order chi connectivity index (χ0) is 18.8. The summed E-state index contributed by atoms with van der Waals surface area (Å²) < 4.78 is 52.1. The molecule has 0 saturated carbocycles. The second-order valence-corrected chi connectivity index (χ2v) is 10.2. The minimum atomic E-state index is -3.57. The summed E-state index contributed by atoms with van der Waals surface area (Å²) in [5.74, 6) is 0. The van der Waals surface area contributed by atoms with Crippen molar-refractivity contribution in [2.45, 2.75) is 4.90 Å². The third-order valence-corrected chi connectivity index (χ3v) is 7.31. The topological polar surface area (TPSA) is 86.8 Å². The van der Waals surface area contributed by atoms with E-state index in [9.17, 15) is 16.8 Å². The van der Waals surface area contributed by atoms with Crippen molar-refractivity contribution < 1.29 is 16.8 Å². The summed E-state index contributed by atoms with van der Waals surface area (Å²) in [7, 11) is -6.72. The first-order chi connectivity index (χ1) is 12.3. The molecule has 0 spiro atoms. The molecule has 7 nitrogen and oxygen atoms in total. The molecule has 2 aromatic rings. The Morgan fingerprint density at radius 1 is 0.923 bits per heavy atom. The molecule has 0 aromatic heterocycles. The number of nitrogens with one attached hydrogen (secondary N) is 1. The molecule has 1 fully saturated rings. The summed E-state index contributed by atoms with van der Waals surface area (Å²) in [4.78, 5) is 2.31. The Balaban J connectivity index is 1.55. The zero-order valence-corrected chi connectivity index (χ0v) is 16.3. The van der Waals surface area contributed by atoms with E-state index < -0.39 is 20.0 Å². The molecular weight excluding hydrogens is 374 g/mol. The van der Waals surface area contributed by atoms with Gasteiger partial charge in [-0.2, -0.15) is 4.31 Å². The molecule has 3 rings (SSSR count). The van der Waals surface area contributed by atoms with Gasteiger partial charge >= 0.3 is 0 Å². The molecule has 1 heterocycles. The number of hydrogen-bond donors (Lipinski definition) is 1. The Morgan fingerprint density at radius 3 is 2.23 bits per heavy atom. The minimum Gasteiger partial charge on any atom is -0.299 e. The highest BCUT2D eigenvalue weighted by Gasteiger charge is 2.23. The standard InChI is InChI=1S/C17H23N3O4S2/c1-25(21,22)20-12-10-19(11-13-20)9-8-18-26(23,24)17-7-6-15-4-2-3-5-16(15)14-17/h2-7,14,18H,8-13H2,1H3. The maximum Gasteiger partial charge on any atom is 0.240 e. The molecule has 0 radical (unpaired) electrons. The molecular formula is C17H23N3O4S2. The van der Waals surface area contributed by atoms with Crippen LogP contribution in [0.15, 0.2) is 47.4 Å². The SMILES string of the molecule is CS(=O)(=O)N1CCN(CCNS(=O)(=O)c2ccc3ccccc3c2)CC1. The van der Waals surface area contributed by atoms with Crippen molar-refractivity contribution in [3.63, 3.8) is 0 Å². The number of benzene rings is 2. The van der Waals surface area contributed by atoms with E-state index in [0.717, 1.165) is 10.8 Å². The summed E-state index contributed by atoms with van der Waals surface area (Å²) >= 11 is 0. The Kier molecular flexibility index (Phi) is 5.64. The molecule has 9 heteroatoms. The highest BCUT2D eigenvalue weighted by molar-refractivity contribution is 7.89. The van der Waals surface area contributed by atoms with Crippen molar-refractivity contribution in [1.29, 1.82) is 0 Å². The summed E-state index contributed by atoms with van der Waals surface area (Å²) in [6.45, 7) is 2.92. The Hall–Kier alpha value is -1.52. The highest BCUT2D eigenvalue weighted by atomic mass is 32.2. The van der Waals surface area contributed by atoms with E-state index >= 15 is 0 Å². The molecule has 1 N–H and O–H groups in total. The van der Waals surface area contributed by atoms with Crippen molar-refractivity contribution >= 4 is 30.8 Å². The van der Waals surface area contributed by atoms with Crippen LogP contribution in [0.2, 0.25) is 0 Å². The van der Waals surface area contributed by atoms with Crippen LogP contribution in [0.4, 0.5) is 0 Å². The number of piperazine rings is 1. The van der Waals surface area contributed by atoms with Crippen LogP contribution in [0.3, 0.4) is 0 Å². The summed E-state index contributed by atoms with van der Waals surface area (Å²) in [6, 6.07) is 12.7. The average Bonchev–Trinajstić information content (AvgIpc) is 2.61. The first kappa shape index (κ1) is 19.2. The zero-order valence-electron chi connectivity index (χ0n) is 14.6. The van der Waals surface area contributed by atoms with Crippen LogP contribution in [0.5, 0.6) is 0 Å². The smallest absolute Gasteiger partial charge is 0.240 e. The van der Waals surface area contributed by atoms with E-state index in [4.69, 9.17) is 0 Å². The van der Waals surface area contributed by atoms with Crippen molar-refractivity contribution in [3.8, 4) is 0 Å². The molecule has 26 heavy (non-hydrogen) atoms. The summed E-state index contributed by atoms with van der Waals surface area (Å²) in [6.07, 6.45) is 1.21. The van der Waals surface area contributed by atoms with Crippen LogP contribution in [-0.2, 0) is 20.0 Å². The Labute approximate surface area is 154 Å². The van der Waals surface area contributed by atoms with Gasteiger partial charge in [0.2, 0.25) is 20.0 Å². The monoisotopic (exact) mass is 397 g/mol. The maximum atomic E-state index is 12.5. The lowest BCUT2D eigenvalue weighted by atomic mass is 10.1. The van der Waals surface area contributed by atoms with E-state index in [1.165, 1.54) is 10.6 Å². The van der Waals surface area contributed by atoms with Crippen LogP contribution in [0.25, 0.3) is 10.8 Å². The quantitative estimate of drug-likeness (QED) is 0.775. The first-order valence-corrected chi connectivity index (χ1v) is 11.7. The Morgan fingerprint density at radius 2 is 1.58 bits per heavy atom. The fourth-order valence-electron chi connectivity index (χ4n) is 3.04. The van der Waals surface area contributed by atoms with Crippen LogP contribution in [-0.4, -0.2) is 71.6 Å². The fourth-order valence-corrected chi connectivity index (χ4v) is 4.92. The molecule has 0 amide bonds. The second kappa shape index (κ2) is 7.61. The van der Waals surface area contributed by atoms with E-state index in [1.807, 2.05) is 24.3 Å². The molecule has 1 aliphatic rings. The number of sulfonamides is 2. The van der Waals surface area contributed by atoms with E-state index in [0.29, 0.717) is 32.7 Å². The van der Waals surface area contributed by atoms with Gasteiger partial charge in [0, 0.05) is 39.3 Å². The van der Waals surface area contributed by atoms with E-state index in [1.54, 1.807) is 18.2 Å². The Bertz CT molecular complexity index is 982. The molecule has 2 aromatic carbocycles. The third-order valence-electron chi connectivity index (χ3n) is 4.55. The largest absolute Gasteiger partial charge is 0.299 e. The fraction of sp³-hybridized carbons (Fsp3) is 0.412. The molecule has 0 aliphatic carbocycles. The van der Waals surface area contributed by atoms with Crippen LogP contribution in [0.1, 0.15) is 0 Å². The lowest BCUT2D eigenvalue weighted by molar-refractivity contribution is 0.192. The molecule has 0 atom stereocenters. The highest BCUT2D eigenvalue weighted by Crippen LogP contribution is 2.18. The minimum absolute atomic E-state index is 0.248. The third kappa shape index (κ3) is 4.60. The second-order valence-electron chi connectivity index (χ2n) is 6.41. The van der Waals surface area contributed by atoms with Gasteiger partial charge in [-0.25, -0.2) is 21.6 Å². The van der Waals surface area contributed by atoms with Gasteiger partial charge in [0.05, 0.1) is 11.2 Å². The molecule has 1 aliphatic heterocycles. The summed E-state index contributed by atoms with van der Waals surface area (Å²) in [5, 5.41) is 1.88. The van der Waals surface area contributed by atoms with Gasteiger partial charge in [-0.3, -0.25) is 4.90 Å². The van der Waals surface area contributed by atoms with Crippen molar-refractivity contribution in [2.75, 3.05) is 45.5 Å². The van der Waals surface area contributed by atoms with Crippen LogP contribution < -0.4 is 4.72 Å². The van der Waals surface area contributed by atoms with Crippen molar-refractivity contribution in [3.05, 3.63) is 42.5 Å². The molecule has 1 saturated heterocycles. The van der Waals surface area contributed by atoms with Gasteiger partial charge in [-0.1, -0.05) is 30.3 Å². The number of nitrogens with zero attached hydrogens (tertiary/aromatic N) is 2. The number of rotatable bonds is 6. The van der Waals surface area contributed by atoms with Crippen molar-refractivity contribution in [1.82, 2.24) is 13.9 Å². The van der Waals surface area contributed by atoms with E-state index in [-0.39, 0.29) is 11.4 Å². The normalized spacial score (nSPS) is 17.6. The van der Waals surface area contributed by atoms with Crippen LogP contribution >= 0.6 is 0 Å². The maximum absolute atomic E-state index is 12.5. The van der Waals surface area contributed by atoms with Gasteiger partial charge in [-0.05, 0) is 22.9 Å². The first-order valence-electron chi connectivity index (χ1n) is 8.42. The van der Waals surface area contributed by atoms with Gasteiger partial charge < -0.3 is 0 Å². The van der Waals surface area contributed by atoms with Gasteiger partial charge in [0.1, 0.15) is 0 Å². The van der Waals surface area contributed by atoms with Gasteiger partial charge in [0.15, 0.2) is 0 Å². The average molecular weight is 398 g/mol. The molecule has 0 unspecified atom stereocenters. The van der Waals surface area contributed by atoms with Crippen molar-refractivity contribution in [2.24, 2.45) is 0 Å². The van der Waals surface area contributed by atoms with Gasteiger partial charge in [-0.15, -0.1) is 0 Å².